The van der Waals surface area contributed by atoms with E-state index in [-0.39, 0.29) is 12.2 Å². The number of hydrogen-bond acceptors (Lipinski definition) is 4. The van der Waals surface area contributed by atoms with Crippen LogP contribution in [0.5, 0.6) is 0 Å². The van der Waals surface area contributed by atoms with Gasteiger partial charge >= 0.3 is 0 Å². The lowest BCUT2D eigenvalue weighted by molar-refractivity contribution is 0.303. The Bertz CT molecular complexity index is 334. The molecule has 0 saturated heterocycles. The van der Waals surface area contributed by atoms with Crippen LogP contribution in [0.15, 0.2) is 17.2 Å². The molecule has 1 N–H and O–H groups in total. The Morgan fingerprint density at radius 3 is 3.00 bits per heavy atom. The zero-order chi connectivity index (χ0) is 9.84. The predicted molar refractivity (Wildman–Crippen MR) is 49.8 cm³/mol. The van der Waals surface area contributed by atoms with Gasteiger partial charge in [0.1, 0.15) is 0 Å². The fourth-order valence-electron chi connectivity index (χ4n) is 1.00. The minimum absolute atomic E-state index is 0.0101. The Morgan fingerprint density at radius 2 is 2.38 bits per heavy atom. The van der Waals surface area contributed by atoms with Crippen LogP contribution in [0.3, 0.4) is 0 Å². The zero-order valence-electron chi connectivity index (χ0n) is 7.77. The maximum atomic E-state index is 11.5. The molecule has 0 saturated carbocycles. The Hall–Kier alpha value is -1.36. The largest absolute Gasteiger partial charge is 0.395 e. The first-order chi connectivity index (χ1) is 6.16. The molecule has 5 nitrogen and oxygen atoms in total. The van der Waals surface area contributed by atoms with Gasteiger partial charge in [0.05, 0.1) is 6.61 Å². The van der Waals surface area contributed by atoms with Gasteiger partial charge in [-0.2, -0.15) is 0 Å². The molecule has 0 aliphatic carbocycles. The summed E-state index contributed by atoms with van der Waals surface area (Å²) in [5.41, 5.74) is -0.154. The van der Waals surface area contributed by atoms with E-state index in [1.807, 2.05) is 0 Å². The lowest BCUT2D eigenvalue weighted by Gasteiger charge is -2.15. The van der Waals surface area contributed by atoms with Crippen LogP contribution in [-0.4, -0.2) is 34.9 Å². The zero-order valence-corrected chi connectivity index (χ0v) is 7.77. The van der Waals surface area contributed by atoms with Gasteiger partial charge in [0.15, 0.2) is 5.82 Å². The number of anilines is 1. The molecule has 0 bridgehead atoms. The molecule has 0 radical (unpaired) electrons. The van der Waals surface area contributed by atoms with E-state index in [1.54, 1.807) is 31.4 Å². The molecule has 0 atom stereocenters. The molecule has 0 unspecified atom stereocenters. The van der Waals surface area contributed by atoms with E-state index in [2.05, 4.69) is 4.98 Å². The summed E-state index contributed by atoms with van der Waals surface area (Å²) < 4.78 is 1.45. The first-order valence-corrected chi connectivity index (χ1v) is 4.00. The Balaban J connectivity index is 3.01. The third-order valence-corrected chi connectivity index (χ3v) is 1.80. The summed E-state index contributed by atoms with van der Waals surface area (Å²) in [4.78, 5) is 17.0. The van der Waals surface area contributed by atoms with Crippen molar-refractivity contribution in [3.8, 4) is 0 Å². The van der Waals surface area contributed by atoms with Crippen molar-refractivity contribution < 1.29 is 5.11 Å². The maximum Gasteiger partial charge on any atom is 0.293 e. The van der Waals surface area contributed by atoms with Crippen LogP contribution in [0.1, 0.15) is 0 Å². The average Bonchev–Trinajstić information content (AvgIpc) is 2.10. The van der Waals surface area contributed by atoms with Crippen LogP contribution in [0, 0.1) is 0 Å². The predicted octanol–water partition coefficient (Wildman–Crippen LogP) is -0.791. The number of aromatic nitrogens is 2. The lowest BCUT2D eigenvalue weighted by atomic mass is 10.5. The minimum Gasteiger partial charge on any atom is -0.395 e. The van der Waals surface area contributed by atoms with E-state index in [0.717, 1.165) is 0 Å². The Morgan fingerprint density at radius 1 is 1.69 bits per heavy atom. The van der Waals surface area contributed by atoms with Crippen LogP contribution in [0.2, 0.25) is 0 Å². The highest BCUT2D eigenvalue weighted by Gasteiger charge is 2.06. The van der Waals surface area contributed by atoms with Crippen molar-refractivity contribution in [3.05, 3.63) is 22.7 Å². The summed E-state index contributed by atoms with van der Waals surface area (Å²) in [7, 11) is 3.39. The van der Waals surface area contributed by atoms with Crippen molar-refractivity contribution in [2.75, 3.05) is 25.1 Å². The molecule has 1 aromatic rings. The van der Waals surface area contributed by atoms with E-state index < -0.39 is 0 Å². The van der Waals surface area contributed by atoms with Gasteiger partial charge in [0.2, 0.25) is 0 Å². The van der Waals surface area contributed by atoms with E-state index in [0.29, 0.717) is 12.4 Å². The van der Waals surface area contributed by atoms with Gasteiger partial charge in [0, 0.05) is 33.0 Å². The van der Waals surface area contributed by atoms with E-state index >= 15 is 0 Å². The second-order valence-electron chi connectivity index (χ2n) is 2.81. The number of nitrogens with zero attached hydrogens (tertiary/aromatic N) is 3. The van der Waals surface area contributed by atoms with Crippen LogP contribution in [0.25, 0.3) is 0 Å². The topological polar surface area (TPSA) is 58.4 Å². The summed E-state index contributed by atoms with van der Waals surface area (Å²) >= 11 is 0. The van der Waals surface area contributed by atoms with Crippen LogP contribution in [0.4, 0.5) is 5.82 Å². The van der Waals surface area contributed by atoms with Gasteiger partial charge in [-0.05, 0) is 0 Å². The summed E-state index contributed by atoms with van der Waals surface area (Å²) in [6.07, 6.45) is 3.16. The highest BCUT2D eigenvalue weighted by Crippen LogP contribution is 1.97. The van der Waals surface area contributed by atoms with Crippen molar-refractivity contribution in [1.29, 1.82) is 0 Å². The molecule has 1 aromatic heterocycles. The molecule has 5 heteroatoms. The molecule has 0 spiro atoms. The smallest absolute Gasteiger partial charge is 0.293 e. The van der Waals surface area contributed by atoms with Crippen molar-refractivity contribution in [1.82, 2.24) is 9.55 Å². The van der Waals surface area contributed by atoms with Crippen molar-refractivity contribution in [2.24, 2.45) is 7.05 Å². The van der Waals surface area contributed by atoms with Gasteiger partial charge in [-0.15, -0.1) is 0 Å². The Labute approximate surface area is 76.3 Å². The summed E-state index contributed by atoms with van der Waals surface area (Å²) in [5, 5.41) is 8.68. The number of aryl methyl sites for hydroxylation is 1. The fourth-order valence-corrected chi connectivity index (χ4v) is 1.00. The third kappa shape index (κ3) is 2.06. The first kappa shape index (κ1) is 9.73. The van der Waals surface area contributed by atoms with Crippen molar-refractivity contribution in [3.63, 3.8) is 0 Å². The second kappa shape index (κ2) is 4.04. The van der Waals surface area contributed by atoms with Crippen LogP contribution < -0.4 is 10.5 Å². The van der Waals surface area contributed by atoms with E-state index in [4.69, 9.17) is 5.11 Å². The molecule has 0 amide bonds. The first-order valence-electron chi connectivity index (χ1n) is 4.00. The lowest BCUT2D eigenvalue weighted by Crippen LogP contribution is -2.31. The summed E-state index contributed by atoms with van der Waals surface area (Å²) in [6, 6.07) is 0. The van der Waals surface area contributed by atoms with E-state index in [1.165, 1.54) is 4.57 Å². The normalized spacial score (nSPS) is 10.1. The highest BCUT2D eigenvalue weighted by molar-refractivity contribution is 5.33. The van der Waals surface area contributed by atoms with Crippen molar-refractivity contribution in [2.45, 2.75) is 0 Å². The molecule has 0 aliphatic rings. The average molecular weight is 183 g/mol. The quantitative estimate of drug-likeness (QED) is 0.667. The number of aliphatic hydroxyl groups excluding tert-OH is 1. The number of likely N-dealkylation sites (N-methyl/N-ethyl adjacent to an activating group) is 1. The standard InChI is InChI=1S/C8H13N3O2/c1-10(5-6-12)7-8(13)11(2)4-3-9-7/h3-4,12H,5-6H2,1-2H3. The van der Waals surface area contributed by atoms with Gasteiger partial charge in [-0.3, -0.25) is 4.79 Å². The van der Waals surface area contributed by atoms with Gasteiger partial charge in [-0.1, -0.05) is 0 Å². The van der Waals surface area contributed by atoms with E-state index in [9.17, 15) is 4.79 Å². The molecule has 0 aliphatic heterocycles. The van der Waals surface area contributed by atoms with Crippen LogP contribution >= 0.6 is 0 Å². The van der Waals surface area contributed by atoms with Gasteiger partial charge in [-0.25, -0.2) is 4.98 Å². The SMILES string of the molecule is CN(CCO)c1nccn(C)c1=O. The molecule has 1 rings (SSSR count). The molecule has 0 fully saturated rings. The van der Waals surface area contributed by atoms with Gasteiger partial charge < -0.3 is 14.6 Å². The molecule has 13 heavy (non-hydrogen) atoms. The molecule has 72 valence electrons. The van der Waals surface area contributed by atoms with Gasteiger partial charge in [0.25, 0.3) is 5.56 Å². The Kier molecular flexibility index (Phi) is 3.02. The van der Waals surface area contributed by atoms with Crippen molar-refractivity contribution >= 4 is 5.82 Å². The third-order valence-electron chi connectivity index (χ3n) is 1.80. The molecule has 1 heterocycles. The summed E-state index contributed by atoms with van der Waals surface area (Å²) in [5.74, 6) is 0.360. The highest BCUT2D eigenvalue weighted by atomic mass is 16.3. The second-order valence-corrected chi connectivity index (χ2v) is 2.81. The minimum atomic E-state index is -0.154. The summed E-state index contributed by atoms with van der Waals surface area (Å²) in [6.45, 7) is 0.419. The number of hydrogen-bond donors (Lipinski definition) is 1. The fraction of sp³-hybridized carbons (Fsp3) is 0.500. The monoisotopic (exact) mass is 183 g/mol. The molecular formula is C8H13N3O2. The molecular weight excluding hydrogens is 170 g/mol. The van der Waals surface area contributed by atoms with Crippen LogP contribution in [-0.2, 0) is 7.05 Å². The number of rotatable bonds is 3. The number of aliphatic hydroxyl groups is 1. The maximum absolute atomic E-state index is 11.5. The molecule has 0 aromatic carbocycles.